The van der Waals surface area contributed by atoms with Crippen molar-refractivity contribution in [1.82, 2.24) is 19.6 Å². The van der Waals surface area contributed by atoms with Gasteiger partial charge >= 0.3 is 0 Å². The summed E-state index contributed by atoms with van der Waals surface area (Å²) in [6, 6.07) is 53.0. The number of fused-ring (bicyclic) bond motifs is 8. The van der Waals surface area contributed by atoms with Crippen LogP contribution in [0.15, 0.2) is 189 Å². The van der Waals surface area contributed by atoms with E-state index in [9.17, 15) is 0 Å². The third-order valence-corrected chi connectivity index (χ3v) is 21.6. The normalized spacial score (nSPS) is 13.4. The first-order valence-electron chi connectivity index (χ1n) is 27.2. The minimum Gasteiger partial charge on any atom is -0.464 e. The summed E-state index contributed by atoms with van der Waals surface area (Å²) in [4.78, 5) is 10.5. The molecule has 382 valence electrons. The van der Waals surface area contributed by atoms with E-state index in [4.69, 9.17) is 14.6 Å². The second kappa shape index (κ2) is 18.3. The van der Waals surface area contributed by atoms with Gasteiger partial charge in [-0.2, -0.15) is 10.2 Å². The molecule has 0 saturated heterocycles. The van der Waals surface area contributed by atoms with Crippen LogP contribution in [0, 0.1) is 69.2 Å². The van der Waals surface area contributed by atoms with Crippen molar-refractivity contribution < 1.29 is 4.42 Å². The van der Waals surface area contributed by atoms with Crippen LogP contribution < -0.4 is 32.8 Å². The Hall–Kier alpha value is -7.01. The number of aryl methyl sites for hydroxylation is 8. The van der Waals surface area contributed by atoms with Crippen molar-refractivity contribution in [2.24, 2.45) is 0 Å². The van der Waals surface area contributed by atoms with Crippen molar-refractivity contribution in [3.05, 3.63) is 202 Å². The quantitative estimate of drug-likeness (QED) is 0.154. The fourth-order valence-corrected chi connectivity index (χ4v) is 18.5. The van der Waals surface area contributed by atoms with Gasteiger partial charge in [0.25, 0.3) is 0 Å². The molecule has 0 spiro atoms. The first-order valence-corrected chi connectivity index (χ1v) is 30.4. The van der Waals surface area contributed by atoms with Crippen molar-refractivity contribution in [2.45, 2.75) is 108 Å². The van der Waals surface area contributed by atoms with Crippen molar-refractivity contribution in [3.8, 4) is 56.1 Å². The van der Waals surface area contributed by atoms with E-state index in [1.807, 2.05) is 53.3 Å². The molecule has 0 bridgehead atoms. The van der Waals surface area contributed by atoms with Gasteiger partial charge < -0.3 is 4.42 Å². The van der Waals surface area contributed by atoms with Gasteiger partial charge in [-0.1, -0.05) is 141 Å². The molecule has 0 radical (unpaired) electrons. The molecule has 0 saturated carbocycles. The van der Waals surface area contributed by atoms with Gasteiger partial charge in [-0.3, -0.25) is 0 Å². The summed E-state index contributed by atoms with van der Waals surface area (Å²) in [7, 11) is 0. The Morgan fingerprint density at radius 3 is 1.18 bits per heavy atom. The first-order chi connectivity index (χ1) is 38.2. The molecule has 0 aliphatic carbocycles. The van der Waals surface area contributed by atoms with Crippen LogP contribution in [0.5, 0.6) is 0 Å². The monoisotopic (exact) mass is 1090 g/mol. The van der Waals surface area contributed by atoms with Gasteiger partial charge in [0, 0.05) is 72.8 Å². The molecule has 0 amide bonds. The van der Waals surface area contributed by atoms with Crippen LogP contribution in [0.1, 0.15) is 56.2 Å². The zero-order chi connectivity index (χ0) is 53.9. The van der Waals surface area contributed by atoms with Crippen LogP contribution in [-0.4, -0.2) is 33.0 Å². The highest BCUT2D eigenvalue weighted by Gasteiger charge is 2.41. The minimum atomic E-state index is 0.0545. The van der Waals surface area contributed by atoms with Gasteiger partial charge in [-0.25, -0.2) is 9.36 Å². The largest absolute Gasteiger partial charge is 0.464 e. The van der Waals surface area contributed by atoms with Gasteiger partial charge in [-0.15, -0.1) is 0 Å². The van der Waals surface area contributed by atoms with Crippen LogP contribution >= 0.6 is 47.0 Å². The molecule has 7 heterocycles. The van der Waals surface area contributed by atoms with Crippen LogP contribution in [0.25, 0.3) is 56.1 Å². The predicted octanol–water partition coefficient (Wildman–Crippen LogP) is 14.3. The number of rotatable bonds is 6. The van der Waals surface area contributed by atoms with Crippen molar-refractivity contribution >= 4 is 93.2 Å². The number of furan rings is 1. The van der Waals surface area contributed by atoms with Gasteiger partial charge in [-0.05, 0) is 198 Å². The third kappa shape index (κ3) is 7.66. The molecule has 79 heavy (non-hydrogen) atoms. The lowest BCUT2D eigenvalue weighted by Gasteiger charge is -2.33. The summed E-state index contributed by atoms with van der Waals surface area (Å²) in [6.07, 6.45) is 1.95. The lowest BCUT2D eigenvalue weighted by molar-refractivity contribution is 0.583. The molecule has 0 fully saturated rings. The van der Waals surface area contributed by atoms with Crippen molar-refractivity contribution in [3.63, 3.8) is 0 Å². The van der Waals surface area contributed by atoms with E-state index in [-0.39, 0.29) is 13.4 Å². The molecule has 8 aromatic carbocycles. The molecular weight excluding hydrogens is 1040 g/mol. The minimum absolute atomic E-state index is 0.0545. The van der Waals surface area contributed by atoms with Gasteiger partial charge in [0.1, 0.15) is 5.76 Å². The zero-order valence-corrected chi connectivity index (χ0v) is 49.1. The maximum atomic E-state index is 6.64. The molecule has 0 unspecified atom stereocenters. The van der Waals surface area contributed by atoms with Crippen molar-refractivity contribution in [1.29, 1.82) is 0 Å². The van der Waals surface area contributed by atoms with Crippen LogP contribution in [0.2, 0.25) is 0 Å². The second-order valence-corrected chi connectivity index (χ2v) is 26.6. The van der Waals surface area contributed by atoms with Gasteiger partial charge in [0.15, 0.2) is 0 Å². The van der Waals surface area contributed by atoms with Crippen LogP contribution in [-0.2, 0) is 0 Å². The number of benzene rings is 8. The summed E-state index contributed by atoms with van der Waals surface area (Å²) in [5.74, 6) is 0.863. The highest BCUT2D eigenvalue weighted by Crippen LogP contribution is 2.44. The smallest absolute Gasteiger partial charge is 0.247 e. The third-order valence-electron chi connectivity index (χ3n) is 16.9. The topological polar surface area (TPSA) is 48.8 Å². The molecule has 3 aromatic heterocycles. The first kappa shape index (κ1) is 49.1. The summed E-state index contributed by atoms with van der Waals surface area (Å²) in [5.41, 5.74) is 30.7. The predicted molar refractivity (Wildman–Crippen MR) is 334 cm³/mol. The van der Waals surface area contributed by atoms with E-state index in [1.54, 1.807) is 0 Å². The van der Waals surface area contributed by atoms with Crippen LogP contribution in [0.4, 0.5) is 0 Å². The van der Waals surface area contributed by atoms with E-state index >= 15 is 0 Å². The SMILES string of the molecule is Cc1cc(C)c(-c2c(C)nn(-c3ccc4c(c3)B3c5cc(-c6coc(-c7ccc8c(c7)B7c9cc(-n%10nc(C)c(-c%11c(C)cc(C)cc%11C)c%10C)ccc9Sc9cccc(c97)S8)c6)ccc5Sc5cccc(c53)S4)c2C)c(C)c1. The van der Waals surface area contributed by atoms with Crippen molar-refractivity contribution in [2.75, 3.05) is 0 Å². The second-order valence-electron chi connectivity index (χ2n) is 22.2. The summed E-state index contributed by atoms with van der Waals surface area (Å²) >= 11 is 7.55. The molecule has 0 atom stereocenters. The fraction of sp³-hybridized carbons (Fsp3) is 0.147. The Morgan fingerprint density at radius 1 is 0.367 bits per heavy atom. The number of aromatic nitrogens is 4. The number of nitrogens with zero attached hydrogens (tertiary/aromatic N) is 4. The molecular formula is C68H54B2N4OS4. The number of hydrogen-bond donors (Lipinski definition) is 0. The van der Waals surface area contributed by atoms with Crippen LogP contribution in [0.3, 0.4) is 0 Å². The summed E-state index contributed by atoms with van der Waals surface area (Å²) in [6.45, 7) is 22.1. The lowest BCUT2D eigenvalue weighted by atomic mass is 9.36. The summed E-state index contributed by atoms with van der Waals surface area (Å²) < 4.78 is 11.0. The molecule has 0 N–H and O–H groups in total. The van der Waals surface area contributed by atoms with E-state index in [2.05, 4.69) is 218 Å². The molecule has 4 aliphatic rings. The maximum Gasteiger partial charge on any atom is 0.247 e. The lowest BCUT2D eigenvalue weighted by Crippen LogP contribution is -2.58. The van der Waals surface area contributed by atoms with E-state index < -0.39 is 0 Å². The Bertz CT molecular complexity index is 4130. The Kier molecular flexibility index (Phi) is 11.3. The Morgan fingerprint density at radius 2 is 0.747 bits per heavy atom. The van der Waals surface area contributed by atoms with E-state index in [0.717, 1.165) is 56.6 Å². The Labute approximate surface area is 480 Å². The highest BCUT2D eigenvalue weighted by atomic mass is 32.2. The van der Waals surface area contributed by atoms with E-state index in [1.165, 1.54) is 128 Å². The molecule has 11 aromatic rings. The summed E-state index contributed by atoms with van der Waals surface area (Å²) in [5, 5.41) is 10.5. The fourth-order valence-electron chi connectivity index (χ4n) is 13.7. The molecule has 15 rings (SSSR count). The average molecular weight is 1090 g/mol. The molecule has 4 aliphatic heterocycles. The standard InChI is InChI=1S/C68H54B2N4OS4/c1-35-25-37(3)63(38(4)26-35)65-41(7)71-73(43(65)9)48-19-23-57-52(32-48)69-50-29-45(17-21-55(50)76-59-13-11-15-61(78-57)67(59)69)47-31-54(75-34-47)46-18-22-56-51(30-46)70-53-33-49(20-24-58(53)79-62-16-12-14-60(77-56)68(62)70)74-44(10)66(42(8)72-74)64-39(5)27-36(2)28-40(64)6/h11-34H,1-10H3. The molecule has 5 nitrogen and oxygen atoms in total. The van der Waals surface area contributed by atoms with E-state index in [0.29, 0.717) is 0 Å². The highest BCUT2D eigenvalue weighted by molar-refractivity contribution is 8.02. The number of hydrogen-bond acceptors (Lipinski definition) is 7. The zero-order valence-electron chi connectivity index (χ0n) is 45.8. The maximum absolute atomic E-state index is 6.64. The Balaban J connectivity index is 0.792. The molecule has 11 heteroatoms. The average Bonchev–Trinajstić information content (AvgIpc) is 4.16. The van der Waals surface area contributed by atoms with Gasteiger partial charge in [0.2, 0.25) is 13.4 Å². The van der Waals surface area contributed by atoms with Gasteiger partial charge in [0.05, 0.1) is 29.0 Å².